The molecule has 0 bridgehead atoms. The molecule has 6 heteroatoms. The Bertz CT molecular complexity index is 634. The molecule has 2 rings (SSSR count). The zero-order chi connectivity index (χ0) is 15.8. The van der Waals surface area contributed by atoms with Gasteiger partial charge in [0.25, 0.3) is 5.91 Å². The number of amides is 1. The SMILES string of the molecule is N#CSc1ccc(N/C=C(/C#N)C(=O)NC2CCCC2)cc1. The number of carbonyl (C=O) groups excluding carboxylic acids is 1. The number of nitriles is 2. The third-order valence-electron chi connectivity index (χ3n) is 3.46. The fourth-order valence-electron chi connectivity index (χ4n) is 2.31. The van der Waals surface area contributed by atoms with Crippen molar-refractivity contribution in [3.05, 3.63) is 36.0 Å². The van der Waals surface area contributed by atoms with Gasteiger partial charge in [0.05, 0.1) is 0 Å². The average molecular weight is 312 g/mol. The Balaban J connectivity index is 1.95. The largest absolute Gasteiger partial charge is 0.360 e. The van der Waals surface area contributed by atoms with Crippen molar-refractivity contribution in [1.82, 2.24) is 5.32 Å². The molecule has 0 atom stereocenters. The lowest BCUT2D eigenvalue weighted by atomic mass is 10.2. The predicted molar refractivity (Wildman–Crippen MR) is 85.6 cm³/mol. The summed E-state index contributed by atoms with van der Waals surface area (Å²) in [6.07, 6.45) is 5.63. The zero-order valence-corrected chi connectivity index (χ0v) is 12.8. The van der Waals surface area contributed by atoms with Gasteiger partial charge >= 0.3 is 0 Å². The van der Waals surface area contributed by atoms with Gasteiger partial charge in [-0.3, -0.25) is 4.79 Å². The Hall–Kier alpha value is -2.44. The summed E-state index contributed by atoms with van der Waals surface area (Å²) < 4.78 is 0. The van der Waals surface area contributed by atoms with Gasteiger partial charge in [-0.1, -0.05) is 12.8 Å². The van der Waals surface area contributed by atoms with E-state index in [2.05, 4.69) is 10.6 Å². The Morgan fingerprint density at radius 1 is 1.23 bits per heavy atom. The molecule has 0 aliphatic heterocycles. The Kier molecular flexibility index (Phi) is 5.88. The van der Waals surface area contributed by atoms with Crippen LogP contribution in [0.15, 0.2) is 40.9 Å². The quantitative estimate of drug-likeness (QED) is 0.377. The summed E-state index contributed by atoms with van der Waals surface area (Å²) in [5.41, 5.74) is 0.811. The molecule has 1 fully saturated rings. The van der Waals surface area contributed by atoms with Crippen LogP contribution in [0.1, 0.15) is 25.7 Å². The second-order valence-corrected chi connectivity index (χ2v) is 5.84. The Morgan fingerprint density at radius 3 is 2.50 bits per heavy atom. The van der Waals surface area contributed by atoms with Crippen molar-refractivity contribution in [2.24, 2.45) is 0 Å². The molecule has 1 aromatic rings. The van der Waals surface area contributed by atoms with Crippen molar-refractivity contribution in [3.63, 3.8) is 0 Å². The lowest BCUT2D eigenvalue weighted by Gasteiger charge is -2.11. The van der Waals surface area contributed by atoms with Crippen LogP contribution in [-0.2, 0) is 4.79 Å². The van der Waals surface area contributed by atoms with E-state index in [1.165, 1.54) is 6.20 Å². The van der Waals surface area contributed by atoms with Gasteiger partial charge < -0.3 is 10.6 Å². The monoisotopic (exact) mass is 312 g/mol. The average Bonchev–Trinajstić information content (AvgIpc) is 3.03. The summed E-state index contributed by atoms with van der Waals surface area (Å²) in [6.45, 7) is 0. The van der Waals surface area contributed by atoms with Crippen molar-refractivity contribution in [2.45, 2.75) is 36.6 Å². The summed E-state index contributed by atoms with van der Waals surface area (Å²) in [5, 5.41) is 25.5. The van der Waals surface area contributed by atoms with Crippen molar-refractivity contribution in [3.8, 4) is 11.5 Å². The van der Waals surface area contributed by atoms with E-state index < -0.39 is 0 Å². The molecule has 1 aromatic carbocycles. The highest BCUT2D eigenvalue weighted by Gasteiger charge is 2.19. The molecule has 0 heterocycles. The fourth-order valence-corrected chi connectivity index (χ4v) is 2.69. The van der Waals surface area contributed by atoms with E-state index in [-0.39, 0.29) is 17.5 Å². The molecule has 0 radical (unpaired) electrons. The number of nitrogens with zero attached hydrogens (tertiary/aromatic N) is 2. The first-order chi connectivity index (χ1) is 10.7. The Labute approximate surface area is 134 Å². The van der Waals surface area contributed by atoms with Gasteiger partial charge in [0, 0.05) is 22.8 Å². The zero-order valence-electron chi connectivity index (χ0n) is 12.0. The van der Waals surface area contributed by atoms with Crippen LogP contribution in [0.2, 0.25) is 0 Å². The first kappa shape index (κ1) is 15.9. The maximum absolute atomic E-state index is 12.0. The van der Waals surface area contributed by atoms with Crippen LogP contribution in [0.4, 0.5) is 5.69 Å². The summed E-state index contributed by atoms with van der Waals surface area (Å²) in [6, 6.07) is 9.29. The molecular formula is C16H16N4OS. The number of thiocyanates is 1. The van der Waals surface area contributed by atoms with Crippen LogP contribution in [0.3, 0.4) is 0 Å². The summed E-state index contributed by atoms with van der Waals surface area (Å²) in [5.74, 6) is -0.335. The van der Waals surface area contributed by atoms with Crippen molar-refractivity contribution in [1.29, 1.82) is 10.5 Å². The molecule has 112 valence electrons. The van der Waals surface area contributed by atoms with Gasteiger partial charge in [-0.2, -0.15) is 10.5 Å². The molecule has 0 saturated heterocycles. The highest BCUT2D eigenvalue weighted by atomic mass is 32.2. The maximum Gasteiger partial charge on any atom is 0.263 e. The molecule has 1 amide bonds. The minimum Gasteiger partial charge on any atom is -0.360 e. The lowest BCUT2D eigenvalue weighted by Crippen LogP contribution is -2.33. The molecule has 0 unspecified atom stereocenters. The van der Waals surface area contributed by atoms with Gasteiger partial charge in [0.2, 0.25) is 0 Å². The predicted octanol–water partition coefficient (Wildman–Crippen LogP) is 3.14. The molecule has 1 aliphatic rings. The van der Waals surface area contributed by atoms with E-state index in [1.807, 2.05) is 11.5 Å². The number of anilines is 1. The van der Waals surface area contributed by atoms with Crippen LogP contribution in [0.5, 0.6) is 0 Å². The molecular weight excluding hydrogens is 296 g/mol. The number of hydrogen-bond acceptors (Lipinski definition) is 5. The Morgan fingerprint density at radius 2 is 1.91 bits per heavy atom. The van der Waals surface area contributed by atoms with Crippen molar-refractivity contribution < 1.29 is 4.79 Å². The van der Waals surface area contributed by atoms with E-state index >= 15 is 0 Å². The smallest absolute Gasteiger partial charge is 0.263 e. The highest BCUT2D eigenvalue weighted by molar-refractivity contribution is 8.03. The van der Waals surface area contributed by atoms with Gasteiger partial charge in [-0.25, -0.2) is 0 Å². The van der Waals surface area contributed by atoms with Crippen LogP contribution < -0.4 is 10.6 Å². The number of nitrogens with one attached hydrogen (secondary N) is 2. The summed E-state index contributed by atoms with van der Waals surface area (Å²) in [7, 11) is 0. The third-order valence-corrected chi connectivity index (χ3v) is 4.06. The summed E-state index contributed by atoms with van der Waals surface area (Å²) >= 11 is 1.08. The molecule has 0 aromatic heterocycles. The molecule has 0 spiro atoms. The van der Waals surface area contributed by atoms with Crippen LogP contribution >= 0.6 is 11.8 Å². The van der Waals surface area contributed by atoms with E-state index in [9.17, 15) is 4.79 Å². The number of hydrogen-bond donors (Lipinski definition) is 2. The molecule has 2 N–H and O–H groups in total. The van der Waals surface area contributed by atoms with E-state index in [0.29, 0.717) is 0 Å². The fraction of sp³-hybridized carbons (Fsp3) is 0.312. The van der Waals surface area contributed by atoms with E-state index in [4.69, 9.17) is 10.5 Å². The topological polar surface area (TPSA) is 88.7 Å². The first-order valence-corrected chi connectivity index (χ1v) is 7.88. The molecule has 1 saturated carbocycles. The molecule has 5 nitrogen and oxygen atoms in total. The molecule has 22 heavy (non-hydrogen) atoms. The normalized spacial score (nSPS) is 14.9. The van der Waals surface area contributed by atoms with Gasteiger partial charge in [0.1, 0.15) is 17.0 Å². The minimum atomic E-state index is -0.335. The number of carbonyl (C=O) groups is 1. The lowest BCUT2D eigenvalue weighted by molar-refractivity contribution is -0.117. The summed E-state index contributed by atoms with van der Waals surface area (Å²) in [4.78, 5) is 12.9. The standard InChI is InChI=1S/C16H16N4OS/c17-9-12(16(21)20-14-3-1-2-4-14)10-19-13-5-7-15(8-6-13)22-11-18/h5-8,10,14,19H,1-4H2,(H,20,21)/b12-10-. The highest BCUT2D eigenvalue weighted by Crippen LogP contribution is 2.20. The van der Waals surface area contributed by atoms with Gasteiger partial charge in [-0.05, 0) is 48.9 Å². The van der Waals surface area contributed by atoms with Gasteiger partial charge in [0.15, 0.2) is 0 Å². The second kappa shape index (κ2) is 8.11. The van der Waals surface area contributed by atoms with Crippen LogP contribution in [0, 0.1) is 22.0 Å². The minimum absolute atomic E-state index is 0.0578. The second-order valence-electron chi connectivity index (χ2n) is 4.99. The molecule has 1 aliphatic carbocycles. The number of rotatable bonds is 5. The van der Waals surface area contributed by atoms with Gasteiger partial charge in [-0.15, -0.1) is 0 Å². The first-order valence-electron chi connectivity index (χ1n) is 7.06. The number of thioether (sulfide) groups is 1. The van der Waals surface area contributed by atoms with Crippen LogP contribution in [-0.4, -0.2) is 11.9 Å². The third kappa shape index (κ3) is 4.54. The van der Waals surface area contributed by atoms with E-state index in [1.54, 1.807) is 24.3 Å². The van der Waals surface area contributed by atoms with Crippen molar-refractivity contribution >= 4 is 23.4 Å². The van der Waals surface area contributed by atoms with Crippen LogP contribution in [0.25, 0.3) is 0 Å². The van der Waals surface area contributed by atoms with E-state index in [0.717, 1.165) is 48.0 Å². The number of benzene rings is 1. The van der Waals surface area contributed by atoms with Crippen molar-refractivity contribution in [2.75, 3.05) is 5.32 Å². The maximum atomic E-state index is 12.0.